The molecule has 1 heterocycles. The number of carbonyl (C=O) groups is 2. The van der Waals surface area contributed by atoms with Gasteiger partial charge in [0.15, 0.2) is 5.78 Å². The van der Waals surface area contributed by atoms with Crippen molar-refractivity contribution in [3.05, 3.63) is 62.6 Å². The fourth-order valence-electron chi connectivity index (χ4n) is 2.23. The molecule has 1 aromatic heterocycles. The van der Waals surface area contributed by atoms with Gasteiger partial charge in [-0.2, -0.15) is 0 Å². The molecule has 0 saturated carbocycles. The first kappa shape index (κ1) is 11.4. The van der Waals surface area contributed by atoms with Crippen LogP contribution in [0.25, 0.3) is 0 Å². The zero-order valence-electron chi connectivity index (χ0n) is 9.98. The summed E-state index contributed by atoms with van der Waals surface area (Å²) in [7, 11) is 0. The number of hydrogen-bond donors (Lipinski definition) is 2. The van der Waals surface area contributed by atoms with Crippen molar-refractivity contribution in [1.82, 2.24) is 4.98 Å². The second-order valence-corrected chi connectivity index (χ2v) is 4.43. The van der Waals surface area contributed by atoms with E-state index in [1.54, 1.807) is 6.92 Å². The minimum Gasteiger partial charge on any atom is -0.507 e. The number of aromatic nitrogens is 1. The highest BCUT2D eigenvalue weighted by atomic mass is 16.3. The lowest BCUT2D eigenvalue weighted by Crippen LogP contribution is -2.26. The van der Waals surface area contributed by atoms with Crippen molar-refractivity contribution in [3.63, 3.8) is 0 Å². The Bertz CT molecular complexity index is 802. The average molecular weight is 255 g/mol. The van der Waals surface area contributed by atoms with Crippen molar-refractivity contribution in [2.75, 3.05) is 0 Å². The van der Waals surface area contributed by atoms with Crippen LogP contribution in [0.5, 0.6) is 5.75 Å². The Kier molecular flexibility index (Phi) is 2.19. The molecule has 0 bridgehead atoms. The van der Waals surface area contributed by atoms with Crippen LogP contribution in [0, 0.1) is 6.92 Å². The number of aryl methyl sites for hydroxylation is 1. The molecule has 0 saturated heterocycles. The minimum atomic E-state index is -0.542. The first-order valence-corrected chi connectivity index (χ1v) is 5.66. The summed E-state index contributed by atoms with van der Waals surface area (Å²) >= 11 is 0. The number of aromatic hydroxyl groups is 1. The highest BCUT2D eigenvalue weighted by Gasteiger charge is 2.32. The summed E-state index contributed by atoms with van der Waals surface area (Å²) in [6, 6.07) is 5.73. The topological polar surface area (TPSA) is 87.2 Å². The lowest BCUT2D eigenvalue weighted by atomic mass is 9.86. The van der Waals surface area contributed by atoms with Crippen molar-refractivity contribution in [2.24, 2.45) is 0 Å². The van der Waals surface area contributed by atoms with Gasteiger partial charge in [-0.05, 0) is 19.1 Å². The van der Waals surface area contributed by atoms with Gasteiger partial charge in [0, 0.05) is 11.1 Å². The monoisotopic (exact) mass is 255 g/mol. The Morgan fingerprint density at radius 3 is 2.53 bits per heavy atom. The summed E-state index contributed by atoms with van der Waals surface area (Å²) in [4.78, 5) is 38.5. The van der Waals surface area contributed by atoms with Gasteiger partial charge in [-0.3, -0.25) is 14.4 Å². The fourth-order valence-corrected chi connectivity index (χ4v) is 2.23. The molecule has 0 fully saturated rings. The van der Waals surface area contributed by atoms with E-state index in [9.17, 15) is 19.5 Å². The number of rotatable bonds is 0. The van der Waals surface area contributed by atoms with Gasteiger partial charge in [0.2, 0.25) is 5.78 Å². The fraction of sp³-hybridized carbons (Fsp3) is 0.0714. The van der Waals surface area contributed by atoms with E-state index in [1.807, 2.05) is 0 Å². The Hall–Kier alpha value is -2.69. The molecule has 0 atom stereocenters. The number of H-pyrrole nitrogens is 1. The van der Waals surface area contributed by atoms with Gasteiger partial charge < -0.3 is 10.1 Å². The molecule has 1 aliphatic rings. The van der Waals surface area contributed by atoms with Crippen LogP contribution < -0.4 is 5.56 Å². The zero-order valence-corrected chi connectivity index (χ0v) is 9.98. The highest BCUT2D eigenvalue weighted by Crippen LogP contribution is 2.31. The van der Waals surface area contributed by atoms with Gasteiger partial charge in [-0.25, -0.2) is 0 Å². The summed E-state index contributed by atoms with van der Waals surface area (Å²) < 4.78 is 0. The maximum absolute atomic E-state index is 12.3. The van der Waals surface area contributed by atoms with E-state index in [0.29, 0.717) is 5.56 Å². The number of ketones is 2. The van der Waals surface area contributed by atoms with Crippen molar-refractivity contribution in [3.8, 4) is 5.75 Å². The smallest absolute Gasteiger partial charge is 0.251 e. The summed E-state index contributed by atoms with van der Waals surface area (Å²) in [5.74, 6) is -1.18. The summed E-state index contributed by atoms with van der Waals surface area (Å²) in [5.41, 5.74) is 0.153. The molecule has 5 heteroatoms. The number of phenols is 1. The van der Waals surface area contributed by atoms with Crippen LogP contribution >= 0.6 is 0 Å². The molecule has 3 rings (SSSR count). The van der Waals surface area contributed by atoms with E-state index in [0.717, 1.165) is 0 Å². The second-order valence-electron chi connectivity index (χ2n) is 4.43. The van der Waals surface area contributed by atoms with E-state index in [4.69, 9.17) is 0 Å². The van der Waals surface area contributed by atoms with Crippen LogP contribution in [0.4, 0.5) is 0 Å². The number of nitrogens with one attached hydrogen (secondary N) is 1. The van der Waals surface area contributed by atoms with E-state index >= 15 is 0 Å². The molecule has 1 aromatic carbocycles. The third kappa shape index (κ3) is 1.45. The Morgan fingerprint density at radius 2 is 1.79 bits per heavy atom. The molecule has 0 aliphatic heterocycles. The van der Waals surface area contributed by atoms with E-state index < -0.39 is 11.3 Å². The average Bonchev–Trinajstić information content (AvgIpc) is 2.38. The zero-order chi connectivity index (χ0) is 13.7. The predicted octanol–water partition coefficient (Wildman–Crippen LogP) is 1.16. The maximum atomic E-state index is 12.3. The normalized spacial score (nSPS) is 13.1. The van der Waals surface area contributed by atoms with Crippen molar-refractivity contribution < 1.29 is 14.7 Å². The number of carbonyl (C=O) groups excluding carboxylic acids is 2. The standard InChI is InChI=1S/C14H9NO4/c1-6-5-8-11(15-14(6)19)13(18)10-7(12(8)17)3-2-4-9(10)16/h2-5,16H,1H3,(H,15,19). The molecule has 0 spiro atoms. The van der Waals surface area contributed by atoms with E-state index in [2.05, 4.69) is 4.98 Å². The third-order valence-electron chi connectivity index (χ3n) is 3.21. The van der Waals surface area contributed by atoms with Crippen LogP contribution in [-0.4, -0.2) is 21.7 Å². The van der Waals surface area contributed by atoms with Crippen LogP contribution in [0.3, 0.4) is 0 Å². The maximum Gasteiger partial charge on any atom is 0.251 e. The predicted molar refractivity (Wildman–Crippen MR) is 66.8 cm³/mol. The second kappa shape index (κ2) is 3.65. The number of phenolic OH excluding ortho intramolecular Hbond substituents is 1. The molecule has 2 N–H and O–H groups in total. The van der Waals surface area contributed by atoms with Gasteiger partial charge in [0.05, 0.1) is 11.1 Å². The molecule has 0 amide bonds. The van der Waals surface area contributed by atoms with Crippen LogP contribution in [0.2, 0.25) is 0 Å². The van der Waals surface area contributed by atoms with Crippen LogP contribution in [0.15, 0.2) is 29.1 Å². The third-order valence-corrected chi connectivity index (χ3v) is 3.21. The highest BCUT2D eigenvalue weighted by molar-refractivity contribution is 6.28. The molecule has 5 nitrogen and oxygen atoms in total. The molecule has 2 aromatic rings. The van der Waals surface area contributed by atoms with Gasteiger partial charge in [0.25, 0.3) is 5.56 Å². The lowest BCUT2D eigenvalue weighted by molar-refractivity contribution is 0.0972. The summed E-state index contributed by atoms with van der Waals surface area (Å²) in [5, 5.41) is 9.73. The Morgan fingerprint density at radius 1 is 1.05 bits per heavy atom. The molecule has 94 valence electrons. The van der Waals surface area contributed by atoms with Crippen LogP contribution in [0.1, 0.15) is 37.5 Å². The number of fused-ring (bicyclic) bond motifs is 2. The number of hydrogen-bond acceptors (Lipinski definition) is 4. The van der Waals surface area contributed by atoms with Gasteiger partial charge in [-0.1, -0.05) is 12.1 Å². The quantitative estimate of drug-likeness (QED) is 0.631. The first-order valence-electron chi connectivity index (χ1n) is 5.66. The van der Waals surface area contributed by atoms with Gasteiger partial charge in [-0.15, -0.1) is 0 Å². The van der Waals surface area contributed by atoms with Crippen molar-refractivity contribution in [2.45, 2.75) is 6.92 Å². The van der Waals surface area contributed by atoms with Crippen LogP contribution in [-0.2, 0) is 0 Å². The molecular formula is C14H9NO4. The van der Waals surface area contributed by atoms with Gasteiger partial charge >= 0.3 is 0 Å². The first-order chi connectivity index (χ1) is 9.00. The SMILES string of the molecule is Cc1cc2c([nH]c1=O)C(=O)c1c(O)cccc1C2=O. The molecule has 0 radical (unpaired) electrons. The summed E-state index contributed by atoms with van der Waals surface area (Å²) in [6.07, 6.45) is 0. The molecule has 19 heavy (non-hydrogen) atoms. The number of pyridine rings is 1. The largest absolute Gasteiger partial charge is 0.507 e. The Balaban J connectivity index is 2.39. The number of aromatic amines is 1. The summed E-state index contributed by atoms with van der Waals surface area (Å²) in [6.45, 7) is 1.56. The van der Waals surface area contributed by atoms with Gasteiger partial charge in [0.1, 0.15) is 11.4 Å². The minimum absolute atomic E-state index is 0.0560. The van der Waals surface area contributed by atoms with E-state index in [1.165, 1.54) is 24.3 Å². The Labute approximate surface area is 107 Å². The molecule has 0 unspecified atom stereocenters. The van der Waals surface area contributed by atoms with Crippen molar-refractivity contribution in [1.29, 1.82) is 0 Å². The lowest BCUT2D eigenvalue weighted by Gasteiger charge is -2.17. The number of benzene rings is 1. The van der Waals surface area contributed by atoms with E-state index in [-0.39, 0.29) is 33.9 Å². The molecule has 1 aliphatic carbocycles. The molecular weight excluding hydrogens is 246 g/mol. The van der Waals surface area contributed by atoms with Crippen molar-refractivity contribution >= 4 is 11.6 Å².